The average Bonchev–Trinajstić information content (AvgIpc) is 1.68. The molecule has 0 bridgehead atoms. The van der Waals surface area contributed by atoms with E-state index in [9.17, 15) is 0 Å². The molecule has 0 aliphatic carbocycles. The number of allylic oxidation sites excluding steroid dienone is 3. The van der Waals surface area contributed by atoms with Gasteiger partial charge in [0, 0.05) is 0 Å². The molecule has 36 valence electrons. The van der Waals surface area contributed by atoms with E-state index >= 15 is 0 Å². The molecule has 0 saturated carbocycles. The van der Waals surface area contributed by atoms with Gasteiger partial charge in [-0.2, -0.15) is 0 Å². The van der Waals surface area contributed by atoms with Gasteiger partial charge in [0.05, 0.1) is 0 Å². The molecule has 0 fully saturated rings. The first kappa shape index (κ1) is 6.04. The first-order chi connectivity index (χ1) is 3.31. The molecule has 0 aliphatic heterocycles. The predicted molar refractivity (Wildman–Crippen MR) is 32.8 cm³/mol. The van der Waals surface area contributed by atoms with Crippen LogP contribution in [0, 0.1) is 12.3 Å². The van der Waals surface area contributed by atoms with E-state index < -0.39 is 0 Å². The molecule has 0 amide bonds. The van der Waals surface area contributed by atoms with Crippen molar-refractivity contribution in [1.82, 2.24) is 0 Å². The number of hydrogen-bond donors (Lipinski definition) is 0. The fraction of sp³-hybridized carbons (Fsp3) is 0.143. The van der Waals surface area contributed by atoms with Crippen LogP contribution in [-0.2, 0) is 0 Å². The molecule has 0 aromatic heterocycles. The molecular weight excluding hydrogens is 84.1 g/mol. The summed E-state index contributed by atoms with van der Waals surface area (Å²) in [5.74, 6) is 2.39. The molecule has 0 heterocycles. The summed E-state index contributed by atoms with van der Waals surface area (Å²) in [7, 11) is 0. The van der Waals surface area contributed by atoms with E-state index in [1.807, 2.05) is 6.92 Å². The van der Waals surface area contributed by atoms with Crippen LogP contribution in [0.15, 0.2) is 24.3 Å². The first-order valence-electron chi connectivity index (χ1n) is 2.06. The lowest BCUT2D eigenvalue weighted by Crippen LogP contribution is -1.59. The summed E-state index contributed by atoms with van der Waals surface area (Å²) < 4.78 is 0. The van der Waals surface area contributed by atoms with Crippen LogP contribution in [0.3, 0.4) is 0 Å². The molecule has 0 aromatic carbocycles. The average molecular weight is 92.1 g/mol. The van der Waals surface area contributed by atoms with Gasteiger partial charge in [-0.05, 0) is 18.6 Å². The van der Waals surface area contributed by atoms with Crippen molar-refractivity contribution in [3.63, 3.8) is 0 Å². The molecule has 0 rings (SSSR count). The van der Waals surface area contributed by atoms with E-state index in [4.69, 9.17) is 6.42 Å². The molecule has 0 aromatic rings. The minimum Gasteiger partial charge on any atom is -0.115 e. The maximum Gasteiger partial charge on any atom is -0.00925 e. The summed E-state index contributed by atoms with van der Waals surface area (Å²) in [5.41, 5.74) is 1.03. The van der Waals surface area contributed by atoms with E-state index in [-0.39, 0.29) is 0 Å². The fourth-order valence-corrected chi connectivity index (χ4v) is 0.190. The fourth-order valence-electron chi connectivity index (χ4n) is 0.190. The predicted octanol–water partition coefficient (Wildman–Crippen LogP) is 1.75. The lowest BCUT2D eigenvalue weighted by Gasteiger charge is -1.78. The Balaban J connectivity index is 3.80. The highest BCUT2D eigenvalue weighted by Gasteiger charge is 1.69. The Morgan fingerprint density at radius 2 is 2.43 bits per heavy atom. The molecule has 0 spiro atoms. The SMILES string of the molecule is C#CC=C(C)C=C. The second-order valence-corrected chi connectivity index (χ2v) is 1.26. The Morgan fingerprint density at radius 1 is 1.86 bits per heavy atom. The van der Waals surface area contributed by atoms with Gasteiger partial charge in [-0.15, -0.1) is 6.42 Å². The minimum atomic E-state index is 1.03. The molecule has 0 saturated heterocycles. The van der Waals surface area contributed by atoms with Gasteiger partial charge in [0.25, 0.3) is 0 Å². The summed E-state index contributed by atoms with van der Waals surface area (Å²) in [4.78, 5) is 0. The van der Waals surface area contributed by atoms with Crippen LogP contribution in [0.2, 0.25) is 0 Å². The Hall–Kier alpha value is -0.960. The Kier molecular flexibility index (Phi) is 2.79. The summed E-state index contributed by atoms with van der Waals surface area (Å²) in [6, 6.07) is 0. The third-order valence-corrected chi connectivity index (χ3v) is 0.633. The third kappa shape index (κ3) is 2.85. The largest absolute Gasteiger partial charge is 0.115 e. The lowest BCUT2D eigenvalue weighted by atomic mass is 10.3. The first-order valence-corrected chi connectivity index (χ1v) is 2.06. The van der Waals surface area contributed by atoms with E-state index in [0.29, 0.717) is 0 Å². The van der Waals surface area contributed by atoms with Gasteiger partial charge in [0.2, 0.25) is 0 Å². The van der Waals surface area contributed by atoms with Crippen molar-refractivity contribution >= 4 is 0 Å². The smallest absolute Gasteiger partial charge is 0.00925 e. The van der Waals surface area contributed by atoms with Crippen molar-refractivity contribution in [3.05, 3.63) is 24.3 Å². The van der Waals surface area contributed by atoms with Gasteiger partial charge >= 0.3 is 0 Å². The van der Waals surface area contributed by atoms with Crippen LogP contribution < -0.4 is 0 Å². The lowest BCUT2D eigenvalue weighted by molar-refractivity contribution is 1.55. The van der Waals surface area contributed by atoms with E-state index in [2.05, 4.69) is 12.5 Å². The zero-order valence-corrected chi connectivity index (χ0v) is 4.44. The monoisotopic (exact) mass is 92.1 g/mol. The highest BCUT2D eigenvalue weighted by atomic mass is 13.7. The van der Waals surface area contributed by atoms with Crippen LogP contribution in [0.4, 0.5) is 0 Å². The molecule has 0 unspecified atom stereocenters. The van der Waals surface area contributed by atoms with E-state index in [1.165, 1.54) is 0 Å². The second kappa shape index (κ2) is 3.24. The number of terminal acetylenes is 1. The van der Waals surface area contributed by atoms with Crippen molar-refractivity contribution in [1.29, 1.82) is 0 Å². The van der Waals surface area contributed by atoms with Crippen LogP contribution in [-0.4, -0.2) is 0 Å². The highest BCUT2D eigenvalue weighted by molar-refractivity contribution is 5.23. The summed E-state index contributed by atoms with van der Waals surface area (Å²) in [6.45, 7) is 5.42. The van der Waals surface area contributed by atoms with Crippen LogP contribution in [0.5, 0.6) is 0 Å². The van der Waals surface area contributed by atoms with Gasteiger partial charge in [0.15, 0.2) is 0 Å². The van der Waals surface area contributed by atoms with Crippen LogP contribution in [0.25, 0.3) is 0 Å². The number of rotatable bonds is 1. The van der Waals surface area contributed by atoms with Crippen LogP contribution in [0.1, 0.15) is 6.92 Å². The maximum absolute atomic E-state index is 4.93. The summed E-state index contributed by atoms with van der Waals surface area (Å²) in [5, 5.41) is 0. The summed E-state index contributed by atoms with van der Waals surface area (Å²) >= 11 is 0. The molecule has 0 aliphatic rings. The zero-order valence-electron chi connectivity index (χ0n) is 4.44. The van der Waals surface area contributed by atoms with Gasteiger partial charge in [-0.25, -0.2) is 0 Å². The quantitative estimate of drug-likeness (QED) is 0.341. The Bertz CT molecular complexity index is 121. The Labute approximate surface area is 44.5 Å². The van der Waals surface area contributed by atoms with Crippen molar-refractivity contribution in [2.45, 2.75) is 6.92 Å². The molecule has 0 atom stereocenters. The highest BCUT2D eigenvalue weighted by Crippen LogP contribution is 1.88. The van der Waals surface area contributed by atoms with Gasteiger partial charge < -0.3 is 0 Å². The van der Waals surface area contributed by atoms with E-state index in [1.54, 1.807) is 12.2 Å². The molecule has 0 N–H and O–H groups in total. The molecule has 7 heavy (non-hydrogen) atoms. The second-order valence-electron chi connectivity index (χ2n) is 1.26. The molecule has 0 heteroatoms. The Morgan fingerprint density at radius 3 is 2.57 bits per heavy atom. The van der Waals surface area contributed by atoms with Crippen LogP contribution >= 0.6 is 0 Å². The molecule has 0 radical (unpaired) electrons. The van der Waals surface area contributed by atoms with E-state index in [0.717, 1.165) is 5.57 Å². The zero-order chi connectivity index (χ0) is 5.70. The third-order valence-electron chi connectivity index (χ3n) is 0.633. The van der Waals surface area contributed by atoms with Crippen molar-refractivity contribution in [2.24, 2.45) is 0 Å². The van der Waals surface area contributed by atoms with Gasteiger partial charge in [-0.1, -0.05) is 18.6 Å². The maximum atomic E-state index is 4.93. The van der Waals surface area contributed by atoms with Crippen molar-refractivity contribution in [2.75, 3.05) is 0 Å². The minimum absolute atomic E-state index is 1.03. The van der Waals surface area contributed by atoms with Gasteiger partial charge in [-0.3, -0.25) is 0 Å². The topological polar surface area (TPSA) is 0 Å². The van der Waals surface area contributed by atoms with Gasteiger partial charge in [0.1, 0.15) is 0 Å². The van der Waals surface area contributed by atoms with Crippen molar-refractivity contribution in [3.8, 4) is 12.3 Å². The molecular formula is C7H8. The standard InChI is InChI=1S/C7H8/c1-4-6-7(3)5-2/h1,5-6H,2H2,3H3. The molecule has 0 nitrogen and oxygen atoms in total. The summed E-state index contributed by atoms with van der Waals surface area (Å²) in [6.07, 6.45) is 8.33. The normalized spacial score (nSPS) is 10.0. The number of hydrogen-bond acceptors (Lipinski definition) is 0. The van der Waals surface area contributed by atoms with Crippen molar-refractivity contribution < 1.29 is 0 Å².